The van der Waals surface area contributed by atoms with E-state index in [2.05, 4.69) is 31.0 Å². The lowest BCUT2D eigenvalue weighted by molar-refractivity contribution is 0.0938. The molecule has 6 heterocycles. The number of aryl methyl sites for hydroxylation is 4. The number of aliphatic hydroxyl groups is 5. The van der Waals surface area contributed by atoms with E-state index < -0.39 is 31.2 Å². The van der Waals surface area contributed by atoms with Crippen LogP contribution in [0.2, 0.25) is 0 Å². The van der Waals surface area contributed by atoms with Crippen molar-refractivity contribution >= 4 is 43.6 Å². The Balaban J connectivity index is 0.000000527. The quantitative estimate of drug-likeness (QED) is 0.0175. The molecule has 0 atom stereocenters. The van der Waals surface area contributed by atoms with Gasteiger partial charge < -0.3 is 60.1 Å². The molecular formula is C58H94N12O17S2. The number of fused-ring (bicyclic) bond motifs is 2. The highest BCUT2D eigenvalue weighted by Crippen LogP contribution is 2.34. The molecule has 500 valence electrons. The molecule has 0 radical (unpaired) electrons. The lowest BCUT2D eigenvalue weighted by Gasteiger charge is -2.33. The van der Waals surface area contributed by atoms with Gasteiger partial charge in [0.15, 0.2) is 17.9 Å². The number of aromatic amines is 2. The van der Waals surface area contributed by atoms with E-state index in [0.717, 1.165) is 24.8 Å². The fourth-order valence-electron chi connectivity index (χ4n) is 9.84. The second-order valence-electron chi connectivity index (χ2n) is 19.5. The zero-order chi connectivity index (χ0) is 63.1. The minimum absolute atomic E-state index is 0. The second kappa shape index (κ2) is 38.2. The number of benzene rings is 2. The van der Waals surface area contributed by atoms with Gasteiger partial charge in [-0.3, -0.25) is 24.2 Å². The lowest BCUT2D eigenvalue weighted by Crippen LogP contribution is -2.49. The maximum Gasteiger partial charge on any atom is 0.275 e. The first-order valence-corrected chi connectivity index (χ1v) is 31.5. The fraction of sp³-hybridized carbons (Fsp3) is 0.552. The molecule has 0 spiro atoms. The van der Waals surface area contributed by atoms with Crippen molar-refractivity contribution in [2.24, 2.45) is 11.1 Å². The highest BCUT2D eigenvalue weighted by Gasteiger charge is 2.32. The summed E-state index contributed by atoms with van der Waals surface area (Å²) in [7, 11) is -7.66. The Morgan fingerprint density at radius 2 is 1.01 bits per heavy atom. The van der Waals surface area contributed by atoms with E-state index in [1.54, 1.807) is 37.4 Å². The Kier molecular flexibility index (Phi) is 33.7. The molecule has 0 amide bonds. The number of hydrogen-bond donors (Lipinski definition) is 8. The van der Waals surface area contributed by atoms with Gasteiger partial charge >= 0.3 is 0 Å². The fourth-order valence-corrected chi connectivity index (χ4v) is 12.7. The number of piperazine rings is 2. The number of aliphatic hydroxyl groups excluding tert-OH is 5. The third-order valence-electron chi connectivity index (χ3n) is 13.9. The number of sulfonamides is 2. The molecule has 2 fully saturated rings. The van der Waals surface area contributed by atoms with Crippen LogP contribution >= 0.6 is 0 Å². The monoisotopic (exact) mass is 1290 g/mol. The van der Waals surface area contributed by atoms with Crippen LogP contribution in [0.25, 0.3) is 33.8 Å². The number of hydrogen-bond acceptors (Lipinski definition) is 22. The van der Waals surface area contributed by atoms with Crippen molar-refractivity contribution in [1.82, 2.24) is 47.6 Å². The average molecular weight is 1300 g/mol. The third kappa shape index (κ3) is 19.2. The van der Waals surface area contributed by atoms with Crippen molar-refractivity contribution in [3.8, 4) is 34.3 Å². The molecule has 4 aromatic heterocycles. The van der Waals surface area contributed by atoms with Gasteiger partial charge in [0.2, 0.25) is 20.0 Å². The number of oxime groups is 1. The molecule has 6 aromatic rings. The van der Waals surface area contributed by atoms with Crippen LogP contribution in [0.1, 0.15) is 101 Å². The number of H-pyrrole nitrogens is 2. The molecule has 31 heteroatoms. The highest BCUT2D eigenvalue weighted by atomic mass is 32.2. The van der Waals surface area contributed by atoms with Crippen LogP contribution < -0.4 is 26.5 Å². The molecule has 11 N–H and O–H groups in total. The van der Waals surface area contributed by atoms with Gasteiger partial charge in [0.25, 0.3) is 11.1 Å². The Morgan fingerprint density at radius 1 is 0.618 bits per heavy atom. The van der Waals surface area contributed by atoms with E-state index in [1.165, 1.54) is 43.6 Å². The minimum Gasteiger partial charge on any atom is -0.493 e. The van der Waals surface area contributed by atoms with E-state index in [-0.39, 0.29) is 93.5 Å². The number of nitrogens with zero attached hydrogens (tertiary/aromatic N) is 9. The zero-order valence-electron chi connectivity index (χ0n) is 50.5. The molecule has 2 aliphatic heterocycles. The first-order valence-electron chi connectivity index (χ1n) is 28.6. The molecular weight excluding hydrogens is 1200 g/mol. The van der Waals surface area contributed by atoms with Crippen molar-refractivity contribution in [3.63, 3.8) is 0 Å². The smallest absolute Gasteiger partial charge is 0.275 e. The van der Waals surface area contributed by atoms with Crippen LogP contribution in [0.4, 0.5) is 0 Å². The van der Waals surface area contributed by atoms with Gasteiger partial charge in [0.1, 0.15) is 29.1 Å². The van der Waals surface area contributed by atoms with E-state index in [0.29, 0.717) is 148 Å². The van der Waals surface area contributed by atoms with E-state index in [9.17, 15) is 36.3 Å². The zero-order valence-corrected chi connectivity index (χ0v) is 52.2. The van der Waals surface area contributed by atoms with Gasteiger partial charge in [-0.25, -0.2) is 31.8 Å². The van der Waals surface area contributed by atoms with Crippen LogP contribution in [0.15, 0.2) is 60.9 Å². The Morgan fingerprint density at radius 3 is 1.35 bits per heavy atom. The first-order chi connectivity index (χ1) is 41.3. The number of aldehydes is 1. The Labute approximate surface area is 520 Å². The molecule has 29 nitrogen and oxygen atoms in total. The summed E-state index contributed by atoms with van der Waals surface area (Å²) in [5.74, 6) is 5.57. The lowest BCUT2D eigenvalue weighted by atomic mass is 10.1. The van der Waals surface area contributed by atoms with Crippen LogP contribution in [-0.4, -0.2) is 233 Å². The number of β-amino-alcohol motifs (C(OH)–C–C–N with tert-alkyl or cyclic N) is 2. The van der Waals surface area contributed by atoms with Gasteiger partial charge in [-0.15, -0.1) is 10.2 Å². The van der Waals surface area contributed by atoms with Gasteiger partial charge in [-0.1, -0.05) is 46.7 Å². The summed E-state index contributed by atoms with van der Waals surface area (Å²) >= 11 is 0. The van der Waals surface area contributed by atoms with Gasteiger partial charge in [-0.05, 0) is 95.0 Å². The van der Waals surface area contributed by atoms with Crippen LogP contribution in [-0.2, 0) is 42.6 Å². The van der Waals surface area contributed by atoms with Crippen LogP contribution in [0, 0.1) is 13.8 Å². The van der Waals surface area contributed by atoms with Crippen molar-refractivity contribution in [2.45, 2.75) is 98.8 Å². The second-order valence-corrected chi connectivity index (χ2v) is 23.4. The number of carbonyl (C=O) groups is 1. The predicted octanol–water partition coefficient (Wildman–Crippen LogP) is 1.77. The summed E-state index contributed by atoms with van der Waals surface area (Å²) in [6, 6.07) is 9.12. The van der Waals surface area contributed by atoms with Crippen molar-refractivity contribution in [3.05, 3.63) is 90.7 Å². The molecule has 89 heavy (non-hydrogen) atoms. The predicted molar refractivity (Wildman–Crippen MR) is 340 cm³/mol. The largest absolute Gasteiger partial charge is 0.493 e. The molecule has 2 aromatic carbocycles. The topological polar surface area (TPSA) is 407 Å². The molecule has 2 saturated heterocycles. The van der Waals surface area contributed by atoms with Gasteiger partial charge in [0, 0.05) is 83.2 Å². The van der Waals surface area contributed by atoms with E-state index >= 15 is 0 Å². The number of nitrogens with two attached hydrogens (primary N) is 1. The Bertz CT molecular complexity index is 3540. The molecule has 0 aliphatic carbocycles. The summed E-state index contributed by atoms with van der Waals surface area (Å²) in [5.41, 5.74) is 4.27. The molecule has 0 saturated carbocycles. The standard InChI is InChI=1S/C27H38N6O7S.C25H33N5O6S.C2H7NO2.C2H6O.2CH4.H2O/c1-4-6-23-22(18-28-40-16-15-35)19(3)25-27(36)29-26(30-33(23)25)21-17-20(7-8-24(21)39-5-2)41(37,38)32-11-9-31(10-12-32)13-14-34;1-4-6-21-20(16-32)17(3)23-25(33)26-24(27-30(21)23)19-15-18(7-8-22(19)36-5-2)37(34,35)29-11-9-28(10-12-29)13-14-31;3-5-2-1-4;1-2-3;;;/h7-8,17-18,34-35H,4-6,9-16H2,1-3H3,(H,29,30,36);7-8,15-16,31H,4-6,9-14H2,1-3H3,(H,26,27,33);4H,1-3H2;3H,2H2,1H3;2*1H4;1H2/b28-18+;;;;;;. The normalized spacial score (nSPS) is 14.1. The number of aromatic nitrogens is 6. The number of rotatable bonds is 25. The summed E-state index contributed by atoms with van der Waals surface area (Å²) in [6.45, 7) is 18.2. The summed E-state index contributed by atoms with van der Waals surface area (Å²) in [4.78, 5) is 57.1. The SMILES string of the molecule is C.C.CCCc1c(/C=N/OCCO)c(C)c2c(=O)[nH]c(-c3cc(S(=O)(=O)N4CCN(CCO)CC4)ccc3OCC)nn12.CCCc1c(C=O)c(C)c2c(=O)[nH]c(-c3cc(S(=O)(=O)N4CCN(CCO)CC4)ccc3OCC)nn12.CCO.NOCCO.O. The highest BCUT2D eigenvalue weighted by molar-refractivity contribution is 7.89. The van der Waals surface area contributed by atoms with Crippen molar-refractivity contribution < 1.29 is 71.8 Å². The van der Waals surface area contributed by atoms with Crippen LogP contribution in [0.3, 0.4) is 0 Å². The summed E-state index contributed by atoms with van der Waals surface area (Å²) in [5, 5.41) is 56.1. The maximum atomic E-state index is 13.6. The maximum absolute atomic E-state index is 13.6. The molecule has 8 rings (SSSR count). The first kappa shape index (κ1) is 78.5. The van der Waals surface area contributed by atoms with E-state index in [4.69, 9.17) is 39.8 Å². The van der Waals surface area contributed by atoms with Gasteiger partial charge in [-0.2, -0.15) is 8.61 Å². The van der Waals surface area contributed by atoms with Gasteiger partial charge in [0.05, 0.1) is 84.8 Å². The number of carbonyl (C=O) groups excluding carboxylic acids is 1. The Hall–Kier alpha value is -6.56. The van der Waals surface area contributed by atoms with Crippen LogP contribution in [0.5, 0.6) is 11.5 Å². The molecule has 0 bridgehead atoms. The van der Waals surface area contributed by atoms with E-state index in [1.807, 2.05) is 37.5 Å². The molecule has 0 unspecified atom stereocenters. The third-order valence-corrected chi connectivity index (χ3v) is 17.7. The minimum atomic E-state index is -3.84. The van der Waals surface area contributed by atoms with Crippen molar-refractivity contribution in [2.75, 3.05) is 125 Å². The molecule has 2 aliphatic rings. The number of ether oxygens (including phenoxy) is 2. The van der Waals surface area contributed by atoms with Crippen molar-refractivity contribution in [1.29, 1.82) is 0 Å². The number of nitrogens with one attached hydrogen (secondary N) is 2. The summed E-state index contributed by atoms with van der Waals surface area (Å²) < 4.78 is 71.7. The summed E-state index contributed by atoms with van der Waals surface area (Å²) in [6.07, 6.45) is 4.93. The average Bonchev–Trinajstić information content (AvgIpc) is 1.76.